The molecule has 0 saturated carbocycles. The molecule has 1 aliphatic heterocycles. The van der Waals surface area contributed by atoms with Gasteiger partial charge in [-0.2, -0.15) is 5.10 Å². The summed E-state index contributed by atoms with van der Waals surface area (Å²) in [4.78, 5) is 18.8. The van der Waals surface area contributed by atoms with Gasteiger partial charge in [0.05, 0.1) is 22.3 Å². The van der Waals surface area contributed by atoms with Crippen molar-refractivity contribution < 1.29 is 4.79 Å². The summed E-state index contributed by atoms with van der Waals surface area (Å²) in [6.07, 6.45) is 2.46. The van der Waals surface area contributed by atoms with Crippen LogP contribution in [0.4, 0.5) is 0 Å². The molecule has 5 nitrogen and oxygen atoms in total. The smallest absolute Gasteiger partial charge is 0.261 e. The van der Waals surface area contributed by atoms with Gasteiger partial charge in [-0.3, -0.25) is 9.69 Å². The maximum Gasteiger partial charge on any atom is 0.261 e. The highest BCUT2D eigenvalue weighted by atomic mass is 32.1. The second-order valence-corrected chi connectivity index (χ2v) is 10.1. The highest BCUT2D eigenvalue weighted by Gasteiger charge is 2.30. The molecule has 31 heavy (non-hydrogen) atoms. The summed E-state index contributed by atoms with van der Waals surface area (Å²) in [5.41, 5.74) is 1.95. The number of hydrogen-bond acceptors (Lipinski definition) is 5. The molecular formula is C24H26N4OS2. The predicted molar refractivity (Wildman–Crippen MR) is 128 cm³/mol. The first-order valence-corrected chi connectivity index (χ1v) is 12.4. The Labute approximate surface area is 190 Å². The van der Waals surface area contributed by atoms with Crippen LogP contribution in [0.3, 0.4) is 0 Å². The van der Waals surface area contributed by atoms with E-state index in [0.717, 1.165) is 39.6 Å². The number of amides is 1. The fourth-order valence-corrected chi connectivity index (χ4v) is 6.53. The van der Waals surface area contributed by atoms with Gasteiger partial charge < -0.3 is 5.32 Å². The van der Waals surface area contributed by atoms with Gasteiger partial charge in [0.1, 0.15) is 4.83 Å². The number of aryl methyl sites for hydroxylation is 1. The molecule has 1 N–H and O–H groups in total. The zero-order valence-corrected chi connectivity index (χ0v) is 19.4. The van der Waals surface area contributed by atoms with Gasteiger partial charge in [0.2, 0.25) is 0 Å². The third kappa shape index (κ3) is 3.93. The minimum Gasteiger partial charge on any atom is -0.347 e. The second kappa shape index (κ2) is 8.57. The van der Waals surface area contributed by atoms with Crippen molar-refractivity contribution in [3.8, 4) is 5.69 Å². The molecule has 160 valence electrons. The van der Waals surface area contributed by atoms with Gasteiger partial charge in [0.15, 0.2) is 0 Å². The number of rotatable bonds is 6. The van der Waals surface area contributed by atoms with E-state index in [1.807, 2.05) is 48.0 Å². The molecule has 0 aliphatic carbocycles. The Morgan fingerprint density at radius 1 is 1.13 bits per heavy atom. The standard InChI is InChI=1S/C24H26N4OS2/c1-16-19-15-21(31-24(19)28(26-16)18-9-4-3-5-10-18)23(29)25-17(2)22(20-11-8-14-30-20)27-12-6-7-13-27/h3-5,8-11,14-15,17,22H,6-7,12-13H2,1-2H3,(H,25,29)/t17-,22-/m1/s1. The molecule has 0 bridgehead atoms. The highest BCUT2D eigenvalue weighted by molar-refractivity contribution is 7.20. The number of nitrogens with one attached hydrogen (secondary N) is 1. The van der Waals surface area contributed by atoms with Crippen molar-refractivity contribution in [3.63, 3.8) is 0 Å². The first-order valence-electron chi connectivity index (χ1n) is 10.7. The van der Waals surface area contributed by atoms with E-state index in [1.165, 1.54) is 29.1 Å². The first kappa shape index (κ1) is 20.4. The molecule has 1 fully saturated rings. The monoisotopic (exact) mass is 450 g/mol. The molecule has 7 heteroatoms. The van der Waals surface area contributed by atoms with Gasteiger partial charge in [-0.1, -0.05) is 24.3 Å². The number of thiophene rings is 2. The maximum absolute atomic E-state index is 13.2. The first-order chi connectivity index (χ1) is 15.1. The minimum atomic E-state index is -0.00605. The van der Waals surface area contributed by atoms with E-state index in [2.05, 4.69) is 39.8 Å². The average molecular weight is 451 g/mol. The Hall–Kier alpha value is -2.48. The van der Waals surface area contributed by atoms with Crippen LogP contribution in [0.5, 0.6) is 0 Å². The lowest BCUT2D eigenvalue weighted by Crippen LogP contribution is -2.43. The Balaban J connectivity index is 1.41. The molecule has 1 aromatic carbocycles. The molecule has 1 aliphatic rings. The molecule has 4 heterocycles. The fourth-order valence-electron chi connectivity index (χ4n) is 4.48. The van der Waals surface area contributed by atoms with Crippen LogP contribution in [0.15, 0.2) is 53.9 Å². The van der Waals surface area contributed by atoms with Crippen molar-refractivity contribution in [1.29, 1.82) is 0 Å². The summed E-state index contributed by atoms with van der Waals surface area (Å²) in [7, 11) is 0. The van der Waals surface area contributed by atoms with E-state index in [4.69, 9.17) is 0 Å². The van der Waals surface area contributed by atoms with E-state index in [1.54, 1.807) is 11.3 Å². The molecule has 0 radical (unpaired) electrons. The molecule has 0 unspecified atom stereocenters. The van der Waals surface area contributed by atoms with Crippen LogP contribution in [-0.4, -0.2) is 39.7 Å². The zero-order chi connectivity index (χ0) is 21.4. The van der Waals surface area contributed by atoms with Crippen LogP contribution in [0, 0.1) is 6.92 Å². The van der Waals surface area contributed by atoms with Crippen LogP contribution in [0.25, 0.3) is 15.9 Å². The Morgan fingerprint density at radius 2 is 1.90 bits per heavy atom. The number of hydrogen-bond donors (Lipinski definition) is 1. The summed E-state index contributed by atoms with van der Waals surface area (Å²) in [6.45, 7) is 6.32. The third-order valence-corrected chi connectivity index (χ3v) is 8.02. The molecule has 0 spiro atoms. The number of para-hydroxylation sites is 1. The Bertz CT molecular complexity index is 1170. The number of likely N-dealkylation sites (tertiary alicyclic amines) is 1. The lowest BCUT2D eigenvalue weighted by molar-refractivity contribution is 0.0912. The zero-order valence-electron chi connectivity index (χ0n) is 17.7. The van der Waals surface area contributed by atoms with Crippen LogP contribution in [0.1, 0.15) is 46.0 Å². The van der Waals surface area contributed by atoms with E-state index in [9.17, 15) is 4.79 Å². The molecule has 1 saturated heterocycles. The van der Waals surface area contributed by atoms with Crippen LogP contribution >= 0.6 is 22.7 Å². The quantitative estimate of drug-likeness (QED) is 0.427. The predicted octanol–water partition coefficient (Wildman–Crippen LogP) is 5.41. The van der Waals surface area contributed by atoms with E-state index < -0.39 is 0 Å². The van der Waals surface area contributed by atoms with Gasteiger partial charge >= 0.3 is 0 Å². The van der Waals surface area contributed by atoms with E-state index >= 15 is 0 Å². The molecule has 4 aromatic rings. The largest absolute Gasteiger partial charge is 0.347 e. The molecular weight excluding hydrogens is 424 g/mol. The molecule has 1 amide bonds. The number of benzene rings is 1. The molecule has 5 rings (SSSR count). The Kier molecular flexibility index (Phi) is 5.65. The van der Waals surface area contributed by atoms with Gasteiger partial charge in [0.25, 0.3) is 5.91 Å². The van der Waals surface area contributed by atoms with Crippen LogP contribution in [0.2, 0.25) is 0 Å². The number of fused-ring (bicyclic) bond motifs is 1. The van der Waals surface area contributed by atoms with Gasteiger partial charge in [0, 0.05) is 16.3 Å². The van der Waals surface area contributed by atoms with Crippen molar-refractivity contribution in [2.24, 2.45) is 0 Å². The third-order valence-electron chi connectivity index (χ3n) is 5.97. The second-order valence-electron chi connectivity index (χ2n) is 8.13. The van der Waals surface area contributed by atoms with Crippen molar-refractivity contribution in [2.75, 3.05) is 13.1 Å². The van der Waals surface area contributed by atoms with Gasteiger partial charge in [-0.25, -0.2) is 4.68 Å². The lowest BCUT2D eigenvalue weighted by Gasteiger charge is -2.32. The average Bonchev–Trinajstić information content (AvgIpc) is 3.56. The van der Waals surface area contributed by atoms with Gasteiger partial charge in [-0.15, -0.1) is 22.7 Å². The Morgan fingerprint density at radius 3 is 2.61 bits per heavy atom. The van der Waals surface area contributed by atoms with Gasteiger partial charge in [-0.05, 0) is 69.4 Å². The summed E-state index contributed by atoms with van der Waals surface area (Å²) in [5.74, 6) is -0.00605. The summed E-state index contributed by atoms with van der Waals surface area (Å²) in [6, 6.07) is 16.6. The number of carbonyl (C=O) groups excluding carboxylic acids is 1. The summed E-state index contributed by atoms with van der Waals surface area (Å²) in [5, 5.41) is 11.1. The van der Waals surface area contributed by atoms with E-state index in [0.29, 0.717) is 0 Å². The summed E-state index contributed by atoms with van der Waals surface area (Å²) < 4.78 is 1.94. The normalized spacial score (nSPS) is 16.6. The number of carbonyl (C=O) groups is 1. The van der Waals surface area contributed by atoms with E-state index in [-0.39, 0.29) is 18.0 Å². The number of aromatic nitrogens is 2. The van der Waals surface area contributed by atoms with Crippen LogP contribution in [-0.2, 0) is 0 Å². The minimum absolute atomic E-state index is 0.00605. The highest BCUT2D eigenvalue weighted by Crippen LogP contribution is 2.33. The maximum atomic E-state index is 13.2. The van der Waals surface area contributed by atoms with Crippen molar-refractivity contribution in [1.82, 2.24) is 20.0 Å². The van der Waals surface area contributed by atoms with Crippen molar-refractivity contribution >= 4 is 38.8 Å². The lowest BCUT2D eigenvalue weighted by atomic mass is 10.1. The number of nitrogens with zero attached hydrogens (tertiary/aromatic N) is 3. The molecule has 2 atom stereocenters. The van der Waals surface area contributed by atoms with Crippen molar-refractivity contribution in [2.45, 2.75) is 38.8 Å². The van der Waals surface area contributed by atoms with Crippen LogP contribution < -0.4 is 5.32 Å². The fraction of sp³-hybridized carbons (Fsp3) is 0.333. The van der Waals surface area contributed by atoms with Crippen molar-refractivity contribution in [3.05, 3.63) is 69.4 Å². The summed E-state index contributed by atoms with van der Waals surface area (Å²) >= 11 is 3.28. The molecule has 3 aromatic heterocycles. The topological polar surface area (TPSA) is 50.2 Å². The SMILES string of the molecule is Cc1nn(-c2ccccc2)c2sc(C(=O)N[C@H](C)[C@H](c3cccs3)N3CCCC3)cc12.